The van der Waals surface area contributed by atoms with Crippen LogP contribution in [0.2, 0.25) is 0 Å². The Morgan fingerprint density at radius 3 is 2.64 bits per heavy atom. The van der Waals surface area contributed by atoms with E-state index < -0.39 is 0 Å². The average molecular weight is 570 g/mol. The number of amides is 1. The number of likely N-dealkylation sites (N-methyl/N-ethyl adjacent to an activating group) is 1. The Balaban J connectivity index is 0.00000729. The molecule has 0 saturated heterocycles. The van der Waals surface area contributed by atoms with Crippen LogP contribution in [0.15, 0.2) is 27.7 Å². The van der Waals surface area contributed by atoms with E-state index in [0.29, 0.717) is 18.9 Å². The third-order valence-electron chi connectivity index (χ3n) is 4.02. The quantitative estimate of drug-likeness (QED) is 0.165. The monoisotopic (exact) mass is 569 g/mol. The zero-order chi connectivity index (χ0) is 20.1. The minimum absolute atomic E-state index is 0. The van der Waals surface area contributed by atoms with E-state index in [1.807, 2.05) is 25.1 Å². The summed E-state index contributed by atoms with van der Waals surface area (Å²) in [4.78, 5) is 18.6. The van der Waals surface area contributed by atoms with Crippen LogP contribution >= 0.6 is 39.9 Å². The third kappa shape index (κ3) is 11.8. The second-order valence-electron chi connectivity index (χ2n) is 6.33. The summed E-state index contributed by atoms with van der Waals surface area (Å²) < 4.78 is 6.00. The third-order valence-corrected chi connectivity index (χ3v) is 4.51. The molecule has 0 spiro atoms. The van der Waals surface area contributed by atoms with Crippen molar-refractivity contribution in [1.82, 2.24) is 15.5 Å². The fraction of sp³-hybridized carbons (Fsp3) is 0.579. The van der Waals surface area contributed by atoms with Crippen LogP contribution in [0.25, 0.3) is 0 Å². The highest BCUT2D eigenvalue weighted by molar-refractivity contribution is 14.0. The molecule has 0 aliphatic rings. The van der Waals surface area contributed by atoms with Gasteiger partial charge >= 0.3 is 0 Å². The number of nitrogens with one attached hydrogen (secondary N) is 3. The van der Waals surface area contributed by atoms with Crippen LogP contribution in [-0.2, 0) is 9.53 Å². The molecule has 160 valence electrons. The van der Waals surface area contributed by atoms with Gasteiger partial charge in [-0.3, -0.25) is 9.79 Å². The molecule has 7 nitrogen and oxygen atoms in total. The normalized spacial score (nSPS) is 11.1. The molecule has 28 heavy (non-hydrogen) atoms. The molecule has 9 heteroatoms. The van der Waals surface area contributed by atoms with Crippen molar-refractivity contribution in [3.8, 4) is 0 Å². The maximum atomic E-state index is 12.1. The molecule has 0 aliphatic carbocycles. The summed E-state index contributed by atoms with van der Waals surface area (Å²) in [5.74, 6) is 0.670. The number of methoxy groups -OCH3 is 1. The summed E-state index contributed by atoms with van der Waals surface area (Å²) in [7, 11) is 5.53. The number of hydrogen-bond donors (Lipinski definition) is 3. The smallest absolute Gasteiger partial charge is 0.226 e. The number of halogens is 2. The number of nitrogens with zero attached hydrogens (tertiary/aromatic N) is 2. The van der Waals surface area contributed by atoms with Gasteiger partial charge in [0.15, 0.2) is 5.96 Å². The lowest BCUT2D eigenvalue weighted by molar-refractivity contribution is -0.116. The van der Waals surface area contributed by atoms with Gasteiger partial charge in [-0.05, 0) is 38.1 Å². The highest BCUT2D eigenvalue weighted by atomic mass is 127. The van der Waals surface area contributed by atoms with Crippen molar-refractivity contribution in [2.45, 2.75) is 19.8 Å². The predicted molar refractivity (Wildman–Crippen MR) is 131 cm³/mol. The lowest BCUT2D eigenvalue weighted by Gasteiger charge is -2.18. The van der Waals surface area contributed by atoms with Crippen LogP contribution in [0.1, 0.15) is 18.4 Å². The van der Waals surface area contributed by atoms with E-state index in [-0.39, 0.29) is 29.9 Å². The fourth-order valence-corrected chi connectivity index (χ4v) is 2.77. The van der Waals surface area contributed by atoms with Gasteiger partial charge in [-0.2, -0.15) is 0 Å². The van der Waals surface area contributed by atoms with E-state index in [1.54, 1.807) is 14.2 Å². The first kappa shape index (κ1) is 27.1. The van der Waals surface area contributed by atoms with Crippen LogP contribution in [-0.4, -0.2) is 70.8 Å². The van der Waals surface area contributed by atoms with Crippen molar-refractivity contribution in [3.05, 3.63) is 28.2 Å². The molecule has 1 aromatic rings. The van der Waals surface area contributed by atoms with E-state index in [2.05, 4.69) is 48.8 Å². The molecule has 0 unspecified atom stereocenters. The van der Waals surface area contributed by atoms with Gasteiger partial charge in [0.2, 0.25) is 5.91 Å². The Hall–Kier alpha value is -0.910. The van der Waals surface area contributed by atoms with E-state index in [9.17, 15) is 4.79 Å². The highest BCUT2D eigenvalue weighted by Crippen LogP contribution is 2.20. The molecule has 0 saturated carbocycles. The van der Waals surface area contributed by atoms with Gasteiger partial charge in [0.05, 0.1) is 0 Å². The number of rotatable bonds is 11. The first-order chi connectivity index (χ1) is 13.0. The van der Waals surface area contributed by atoms with Crippen LogP contribution in [0.3, 0.4) is 0 Å². The number of guanidine groups is 1. The van der Waals surface area contributed by atoms with Crippen LogP contribution < -0.4 is 16.0 Å². The standard InChI is InChI=1S/C19H32BrN5O2.HI/c1-15-6-7-16(20)14-17(15)24-18(26)8-9-22-19(21-2)23-10-12-25(3)11-5-13-27-4;/h6-7,14H,5,8-13H2,1-4H3,(H,24,26)(H2,21,22,23);1H. The molecule has 1 aromatic carbocycles. The van der Waals surface area contributed by atoms with Crippen LogP contribution in [0, 0.1) is 6.92 Å². The highest BCUT2D eigenvalue weighted by Gasteiger charge is 2.06. The lowest BCUT2D eigenvalue weighted by Crippen LogP contribution is -2.42. The zero-order valence-corrected chi connectivity index (χ0v) is 21.1. The Bertz CT molecular complexity index is 616. The van der Waals surface area contributed by atoms with Crippen molar-refractivity contribution in [2.24, 2.45) is 4.99 Å². The molecule has 0 radical (unpaired) electrons. The average Bonchev–Trinajstić information content (AvgIpc) is 2.63. The van der Waals surface area contributed by atoms with E-state index in [1.165, 1.54) is 0 Å². The number of ether oxygens (including phenoxy) is 1. The van der Waals surface area contributed by atoms with Gasteiger partial charge in [-0.15, -0.1) is 24.0 Å². The number of carbonyl (C=O) groups is 1. The van der Waals surface area contributed by atoms with Crippen molar-refractivity contribution < 1.29 is 9.53 Å². The SMILES string of the molecule is CN=C(NCCC(=O)Nc1cc(Br)ccc1C)NCCN(C)CCCOC.I. The molecular weight excluding hydrogens is 537 g/mol. The molecule has 0 fully saturated rings. The summed E-state index contributed by atoms with van der Waals surface area (Å²) >= 11 is 3.42. The van der Waals surface area contributed by atoms with Crippen LogP contribution in [0.5, 0.6) is 0 Å². The molecule has 1 amide bonds. The summed E-state index contributed by atoms with van der Waals surface area (Å²) in [6, 6.07) is 5.83. The van der Waals surface area contributed by atoms with Crippen molar-refractivity contribution in [2.75, 3.05) is 59.3 Å². The maximum Gasteiger partial charge on any atom is 0.226 e. The molecule has 1 rings (SSSR count). The minimum atomic E-state index is -0.0305. The number of anilines is 1. The number of carbonyl (C=O) groups excluding carboxylic acids is 1. The summed E-state index contributed by atoms with van der Waals surface area (Å²) in [6.07, 6.45) is 1.39. The topological polar surface area (TPSA) is 78.0 Å². The first-order valence-electron chi connectivity index (χ1n) is 9.14. The molecule has 3 N–H and O–H groups in total. The van der Waals surface area contributed by atoms with Gasteiger partial charge in [0.1, 0.15) is 0 Å². The second-order valence-corrected chi connectivity index (χ2v) is 7.25. The summed E-state index contributed by atoms with van der Waals surface area (Å²) in [6.45, 7) is 5.96. The fourth-order valence-electron chi connectivity index (χ4n) is 2.41. The van der Waals surface area contributed by atoms with Crippen molar-refractivity contribution in [3.63, 3.8) is 0 Å². The van der Waals surface area contributed by atoms with Gasteiger partial charge in [0.25, 0.3) is 0 Å². The van der Waals surface area contributed by atoms with Crippen molar-refractivity contribution >= 4 is 57.5 Å². The molecule has 0 aromatic heterocycles. The van der Waals surface area contributed by atoms with Gasteiger partial charge in [0, 0.05) is 63.5 Å². The first-order valence-corrected chi connectivity index (χ1v) is 9.93. The number of aryl methyl sites for hydroxylation is 1. The van der Waals surface area contributed by atoms with E-state index in [0.717, 1.165) is 48.4 Å². The second kappa shape index (κ2) is 15.9. The molecule has 0 bridgehead atoms. The predicted octanol–water partition coefficient (Wildman–Crippen LogP) is 2.84. The molecular formula is C19H33BrIN5O2. The van der Waals surface area contributed by atoms with Gasteiger partial charge in [-0.25, -0.2) is 0 Å². The molecule has 0 aliphatic heterocycles. The number of benzene rings is 1. The lowest BCUT2D eigenvalue weighted by atomic mass is 10.2. The summed E-state index contributed by atoms with van der Waals surface area (Å²) in [5.41, 5.74) is 1.86. The van der Waals surface area contributed by atoms with E-state index >= 15 is 0 Å². The largest absolute Gasteiger partial charge is 0.385 e. The van der Waals surface area contributed by atoms with Gasteiger partial charge in [-0.1, -0.05) is 22.0 Å². The zero-order valence-electron chi connectivity index (χ0n) is 17.2. The number of hydrogen-bond acceptors (Lipinski definition) is 4. The van der Waals surface area contributed by atoms with Crippen LogP contribution in [0.4, 0.5) is 5.69 Å². The molecule has 0 heterocycles. The van der Waals surface area contributed by atoms with Crippen molar-refractivity contribution in [1.29, 1.82) is 0 Å². The Kier molecular flexibility index (Phi) is 15.4. The summed E-state index contributed by atoms with van der Waals surface area (Å²) in [5, 5.41) is 9.37. The minimum Gasteiger partial charge on any atom is -0.385 e. The molecule has 0 atom stereocenters. The maximum absolute atomic E-state index is 12.1. The van der Waals surface area contributed by atoms with Gasteiger partial charge < -0.3 is 25.6 Å². The number of aliphatic imine (C=N–C) groups is 1. The Morgan fingerprint density at radius 2 is 1.96 bits per heavy atom. The Labute approximate surface area is 194 Å². The Morgan fingerprint density at radius 1 is 1.25 bits per heavy atom. The van der Waals surface area contributed by atoms with E-state index in [4.69, 9.17) is 4.74 Å².